The molecule has 0 bridgehead atoms. The monoisotopic (exact) mass is 351 g/mol. The van der Waals surface area contributed by atoms with Gasteiger partial charge in [0, 0.05) is 12.6 Å². The second-order valence-corrected chi connectivity index (χ2v) is 5.79. The van der Waals surface area contributed by atoms with Gasteiger partial charge in [-0.25, -0.2) is 4.68 Å². The number of rotatable bonds is 6. The van der Waals surface area contributed by atoms with Crippen molar-refractivity contribution in [3.05, 3.63) is 35.7 Å². The molecule has 130 valence electrons. The van der Waals surface area contributed by atoms with E-state index in [0.29, 0.717) is 23.9 Å². The summed E-state index contributed by atoms with van der Waals surface area (Å²) in [7, 11) is 1.62. The predicted molar refractivity (Wildman–Crippen MR) is 92.9 cm³/mol. The van der Waals surface area contributed by atoms with E-state index in [-0.39, 0.29) is 24.4 Å². The standard InChI is InChI=1S/C16H21N5O2.ClH/c1-10-15(16(22)18-14(9-17)11-3-4-11)19-20-21(10)12-5-7-13(23-2)8-6-12;/h5-8,11,14H,3-4,9,17H2,1-2H3,(H,18,22);1H. The number of hydrogen-bond donors (Lipinski definition) is 2. The minimum Gasteiger partial charge on any atom is -0.497 e. The first-order valence-corrected chi connectivity index (χ1v) is 7.71. The van der Waals surface area contributed by atoms with Gasteiger partial charge in [-0.3, -0.25) is 4.79 Å². The van der Waals surface area contributed by atoms with Crippen molar-refractivity contribution in [2.45, 2.75) is 25.8 Å². The Morgan fingerprint density at radius 1 is 1.42 bits per heavy atom. The zero-order valence-corrected chi connectivity index (χ0v) is 14.5. The van der Waals surface area contributed by atoms with Crippen molar-refractivity contribution in [1.82, 2.24) is 20.3 Å². The highest BCUT2D eigenvalue weighted by Crippen LogP contribution is 2.32. The molecule has 0 spiro atoms. The maximum Gasteiger partial charge on any atom is 0.274 e. The molecule has 7 nitrogen and oxygen atoms in total. The Balaban J connectivity index is 0.00000208. The van der Waals surface area contributed by atoms with Crippen LogP contribution in [-0.4, -0.2) is 40.6 Å². The van der Waals surface area contributed by atoms with Crippen LogP contribution in [0.5, 0.6) is 5.75 Å². The van der Waals surface area contributed by atoms with E-state index in [0.717, 1.165) is 24.3 Å². The van der Waals surface area contributed by atoms with Crippen molar-refractivity contribution in [3.63, 3.8) is 0 Å². The molecule has 8 heteroatoms. The molecular weight excluding hydrogens is 330 g/mol. The van der Waals surface area contributed by atoms with Gasteiger partial charge in [-0.05, 0) is 49.9 Å². The molecule has 1 saturated carbocycles. The summed E-state index contributed by atoms with van der Waals surface area (Å²) in [6.45, 7) is 2.27. The molecule has 1 fully saturated rings. The van der Waals surface area contributed by atoms with Crippen LogP contribution in [0.4, 0.5) is 0 Å². The van der Waals surface area contributed by atoms with Gasteiger partial charge in [-0.15, -0.1) is 17.5 Å². The maximum atomic E-state index is 12.4. The lowest BCUT2D eigenvalue weighted by molar-refractivity contribution is 0.0927. The fourth-order valence-corrected chi connectivity index (χ4v) is 2.61. The fraction of sp³-hybridized carbons (Fsp3) is 0.438. The molecule has 0 saturated heterocycles. The van der Waals surface area contributed by atoms with Gasteiger partial charge in [-0.2, -0.15) is 0 Å². The summed E-state index contributed by atoms with van der Waals surface area (Å²) in [5, 5.41) is 11.1. The largest absolute Gasteiger partial charge is 0.497 e. The molecule has 3 N–H and O–H groups in total. The van der Waals surface area contributed by atoms with Gasteiger partial charge in [0.1, 0.15) is 5.75 Å². The molecule has 1 aromatic heterocycles. The smallest absolute Gasteiger partial charge is 0.274 e. The predicted octanol–water partition coefficient (Wildman–Crippen LogP) is 1.47. The van der Waals surface area contributed by atoms with E-state index in [2.05, 4.69) is 15.6 Å². The first kappa shape index (κ1) is 18.2. The summed E-state index contributed by atoms with van der Waals surface area (Å²) in [4.78, 5) is 12.4. The molecule has 1 heterocycles. The quantitative estimate of drug-likeness (QED) is 0.821. The van der Waals surface area contributed by atoms with Crippen LogP contribution >= 0.6 is 12.4 Å². The minimum atomic E-state index is -0.218. The molecule has 1 unspecified atom stereocenters. The summed E-state index contributed by atoms with van der Waals surface area (Å²) in [5.74, 6) is 1.05. The van der Waals surface area contributed by atoms with Crippen LogP contribution in [0.25, 0.3) is 5.69 Å². The van der Waals surface area contributed by atoms with Gasteiger partial charge in [-0.1, -0.05) is 5.21 Å². The number of ether oxygens (including phenoxy) is 1. The number of benzene rings is 1. The SMILES string of the molecule is COc1ccc(-n2nnc(C(=O)NC(CN)C3CC3)c2C)cc1.Cl. The topological polar surface area (TPSA) is 95.1 Å². The van der Waals surface area contributed by atoms with Crippen molar-refractivity contribution in [1.29, 1.82) is 0 Å². The number of methoxy groups -OCH3 is 1. The molecule has 1 aliphatic carbocycles. The average molecular weight is 352 g/mol. The molecule has 0 radical (unpaired) electrons. The van der Waals surface area contributed by atoms with E-state index >= 15 is 0 Å². The van der Waals surface area contributed by atoms with Crippen LogP contribution in [0.3, 0.4) is 0 Å². The average Bonchev–Trinajstić information content (AvgIpc) is 3.35. The first-order valence-electron chi connectivity index (χ1n) is 7.71. The molecule has 24 heavy (non-hydrogen) atoms. The highest BCUT2D eigenvalue weighted by Gasteiger charge is 2.32. The number of hydrogen-bond acceptors (Lipinski definition) is 5. The van der Waals surface area contributed by atoms with E-state index in [9.17, 15) is 4.79 Å². The Morgan fingerprint density at radius 2 is 2.08 bits per heavy atom. The summed E-state index contributed by atoms with van der Waals surface area (Å²) >= 11 is 0. The summed E-state index contributed by atoms with van der Waals surface area (Å²) < 4.78 is 6.78. The van der Waals surface area contributed by atoms with E-state index in [1.165, 1.54) is 0 Å². The van der Waals surface area contributed by atoms with Crippen LogP contribution in [-0.2, 0) is 0 Å². The Morgan fingerprint density at radius 3 is 2.62 bits per heavy atom. The highest BCUT2D eigenvalue weighted by molar-refractivity contribution is 5.93. The lowest BCUT2D eigenvalue weighted by atomic mass is 10.2. The Hall–Kier alpha value is -2.12. The van der Waals surface area contributed by atoms with Crippen LogP contribution in [0.2, 0.25) is 0 Å². The third kappa shape index (κ3) is 3.68. The fourth-order valence-electron chi connectivity index (χ4n) is 2.61. The van der Waals surface area contributed by atoms with Crippen LogP contribution in [0.15, 0.2) is 24.3 Å². The zero-order chi connectivity index (χ0) is 16.4. The van der Waals surface area contributed by atoms with Gasteiger partial charge < -0.3 is 15.8 Å². The molecular formula is C16H22ClN5O2. The number of carbonyl (C=O) groups is 1. The Bertz CT molecular complexity index is 697. The van der Waals surface area contributed by atoms with Crippen molar-refractivity contribution < 1.29 is 9.53 Å². The van der Waals surface area contributed by atoms with E-state index in [1.54, 1.807) is 11.8 Å². The molecule has 3 rings (SSSR count). The van der Waals surface area contributed by atoms with Crippen LogP contribution < -0.4 is 15.8 Å². The van der Waals surface area contributed by atoms with Gasteiger partial charge >= 0.3 is 0 Å². The number of carbonyl (C=O) groups excluding carboxylic acids is 1. The van der Waals surface area contributed by atoms with Crippen LogP contribution in [0.1, 0.15) is 29.0 Å². The molecule has 1 atom stereocenters. The number of amides is 1. The third-order valence-corrected chi connectivity index (χ3v) is 4.19. The second kappa shape index (κ2) is 7.63. The van der Waals surface area contributed by atoms with Crippen molar-refractivity contribution in [2.75, 3.05) is 13.7 Å². The van der Waals surface area contributed by atoms with E-state index < -0.39 is 0 Å². The number of nitrogens with one attached hydrogen (secondary N) is 1. The number of aromatic nitrogens is 3. The van der Waals surface area contributed by atoms with Crippen LogP contribution in [0, 0.1) is 12.8 Å². The highest BCUT2D eigenvalue weighted by atomic mass is 35.5. The second-order valence-electron chi connectivity index (χ2n) is 5.79. The first-order chi connectivity index (χ1) is 11.1. The van der Waals surface area contributed by atoms with E-state index in [1.807, 2.05) is 31.2 Å². The number of nitrogens with zero attached hydrogens (tertiary/aromatic N) is 3. The third-order valence-electron chi connectivity index (χ3n) is 4.19. The summed E-state index contributed by atoms with van der Waals surface area (Å²) in [6.07, 6.45) is 2.25. The molecule has 1 amide bonds. The van der Waals surface area contributed by atoms with Gasteiger partial charge in [0.05, 0.1) is 18.5 Å². The van der Waals surface area contributed by atoms with E-state index in [4.69, 9.17) is 10.5 Å². The molecule has 0 aliphatic heterocycles. The van der Waals surface area contributed by atoms with Gasteiger partial charge in [0.15, 0.2) is 5.69 Å². The normalized spacial score (nSPS) is 14.6. The number of nitrogens with two attached hydrogens (primary N) is 1. The minimum absolute atomic E-state index is 0. The lowest BCUT2D eigenvalue weighted by Gasteiger charge is -2.15. The van der Waals surface area contributed by atoms with Gasteiger partial charge in [0.2, 0.25) is 0 Å². The maximum absolute atomic E-state index is 12.4. The number of halogens is 1. The van der Waals surface area contributed by atoms with Crippen molar-refractivity contribution in [3.8, 4) is 11.4 Å². The lowest BCUT2D eigenvalue weighted by Crippen LogP contribution is -2.42. The summed E-state index contributed by atoms with van der Waals surface area (Å²) in [6, 6.07) is 7.44. The van der Waals surface area contributed by atoms with Crippen molar-refractivity contribution >= 4 is 18.3 Å². The van der Waals surface area contributed by atoms with Crippen molar-refractivity contribution in [2.24, 2.45) is 11.7 Å². The zero-order valence-electron chi connectivity index (χ0n) is 13.7. The molecule has 1 aliphatic rings. The summed E-state index contributed by atoms with van der Waals surface area (Å²) in [5.41, 5.74) is 7.59. The molecule has 2 aromatic rings. The Labute approximate surface area is 147 Å². The molecule has 1 aromatic carbocycles. The van der Waals surface area contributed by atoms with Gasteiger partial charge in [0.25, 0.3) is 5.91 Å². The Kier molecular flexibility index (Phi) is 5.80.